The SMILES string of the molecule is CC(C)NC(=O)Cn1c(-c2cccc(Cl)c2)cn(-c2ccc(Br)cc2)c1=O. The van der Waals surface area contributed by atoms with Crippen molar-refractivity contribution in [3.05, 3.63) is 74.7 Å². The number of hydrogen-bond donors (Lipinski definition) is 1. The Morgan fingerprint density at radius 2 is 1.89 bits per heavy atom. The topological polar surface area (TPSA) is 56.0 Å². The number of hydrogen-bond acceptors (Lipinski definition) is 2. The molecule has 1 N–H and O–H groups in total. The second kappa shape index (κ2) is 8.15. The minimum absolute atomic E-state index is 0.00335. The van der Waals surface area contributed by atoms with Crippen LogP contribution in [0.15, 0.2) is 64.0 Å². The molecule has 3 rings (SSSR count). The lowest BCUT2D eigenvalue weighted by Gasteiger charge is -2.10. The molecule has 140 valence electrons. The van der Waals surface area contributed by atoms with Crippen LogP contribution in [0, 0.1) is 0 Å². The highest BCUT2D eigenvalue weighted by Crippen LogP contribution is 2.23. The standard InChI is InChI=1S/C20H19BrClN3O2/c1-13(2)23-19(26)12-25-18(14-4-3-5-16(22)10-14)11-24(20(25)27)17-8-6-15(21)7-9-17/h3-11,13H,12H2,1-2H3,(H,23,26). The second-order valence-electron chi connectivity index (χ2n) is 6.46. The van der Waals surface area contributed by atoms with Gasteiger partial charge in [-0.25, -0.2) is 4.79 Å². The first-order valence-electron chi connectivity index (χ1n) is 8.48. The number of nitrogens with zero attached hydrogens (tertiary/aromatic N) is 2. The fourth-order valence-corrected chi connectivity index (χ4v) is 3.26. The van der Waals surface area contributed by atoms with Crippen molar-refractivity contribution in [1.82, 2.24) is 14.5 Å². The summed E-state index contributed by atoms with van der Waals surface area (Å²) in [5, 5.41) is 3.39. The molecule has 0 bridgehead atoms. The maximum atomic E-state index is 13.1. The molecular formula is C20H19BrClN3O2. The van der Waals surface area contributed by atoms with Crippen molar-refractivity contribution in [2.24, 2.45) is 0 Å². The summed E-state index contributed by atoms with van der Waals surface area (Å²) >= 11 is 9.52. The van der Waals surface area contributed by atoms with Crippen molar-refractivity contribution in [1.29, 1.82) is 0 Å². The molecule has 27 heavy (non-hydrogen) atoms. The van der Waals surface area contributed by atoms with Gasteiger partial charge < -0.3 is 5.32 Å². The molecule has 2 aromatic carbocycles. The second-order valence-corrected chi connectivity index (χ2v) is 7.81. The van der Waals surface area contributed by atoms with Crippen LogP contribution < -0.4 is 11.0 Å². The molecule has 7 heteroatoms. The van der Waals surface area contributed by atoms with Gasteiger partial charge in [0, 0.05) is 27.3 Å². The highest BCUT2D eigenvalue weighted by atomic mass is 79.9. The summed E-state index contributed by atoms with van der Waals surface area (Å²) in [7, 11) is 0. The van der Waals surface area contributed by atoms with Crippen LogP contribution in [0.2, 0.25) is 5.02 Å². The first kappa shape index (κ1) is 19.5. The third-order valence-corrected chi connectivity index (χ3v) is 4.72. The van der Waals surface area contributed by atoms with E-state index in [-0.39, 0.29) is 24.2 Å². The van der Waals surface area contributed by atoms with Gasteiger partial charge in [-0.2, -0.15) is 0 Å². The number of imidazole rings is 1. The van der Waals surface area contributed by atoms with Crippen molar-refractivity contribution in [2.45, 2.75) is 26.4 Å². The fourth-order valence-electron chi connectivity index (χ4n) is 2.81. The lowest BCUT2D eigenvalue weighted by Crippen LogP contribution is -2.36. The molecule has 0 radical (unpaired) electrons. The summed E-state index contributed by atoms with van der Waals surface area (Å²) in [5.41, 5.74) is 1.83. The van der Waals surface area contributed by atoms with E-state index in [1.807, 2.05) is 50.2 Å². The summed E-state index contributed by atoms with van der Waals surface area (Å²) in [4.78, 5) is 25.4. The van der Waals surface area contributed by atoms with Gasteiger partial charge in [0.25, 0.3) is 0 Å². The largest absolute Gasteiger partial charge is 0.352 e. The van der Waals surface area contributed by atoms with E-state index in [1.54, 1.807) is 18.3 Å². The van der Waals surface area contributed by atoms with Crippen molar-refractivity contribution in [3.63, 3.8) is 0 Å². The van der Waals surface area contributed by atoms with Crippen LogP contribution in [0.4, 0.5) is 0 Å². The zero-order valence-electron chi connectivity index (χ0n) is 14.9. The molecule has 0 aliphatic rings. The predicted octanol–water partition coefficient (Wildman–Crippen LogP) is 4.25. The van der Waals surface area contributed by atoms with Crippen LogP contribution in [-0.4, -0.2) is 21.1 Å². The third kappa shape index (κ3) is 4.51. The number of carbonyl (C=O) groups is 1. The molecule has 0 saturated heterocycles. The van der Waals surface area contributed by atoms with E-state index < -0.39 is 0 Å². The van der Waals surface area contributed by atoms with Gasteiger partial charge in [-0.1, -0.05) is 39.7 Å². The van der Waals surface area contributed by atoms with E-state index in [1.165, 1.54) is 9.13 Å². The summed E-state index contributed by atoms with van der Waals surface area (Å²) in [6.07, 6.45) is 1.74. The molecule has 0 atom stereocenters. The van der Waals surface area contributed by atoms with Crippen LogP contribution >= 0.6 is 27.5 Å². The fraction of sp³-hybridized carbons (Fsp3) is 0.200. The Hall–Kier alpha value is -2.31. The van der Waals surface area contributed by atoms with Gasteiger partial charge in [-0.15, -0.1) is 0 Å². The number of rotatable bonds is 5. The van der Waals surface area contributed by atoms with E-state index in [4.69, 9.17) is 11.6 Å². The molecule has 0 saturated carbocycles. The number of halogens is 2. The first-order valence-corrected chi connectivity index (χ1v) is 9.65. The van der Waals surface area contributed by atoms with E-state index in [9.17, 15) is 9.59 Å². The Balaban J connectivity index is 2.12. The van der Waals surface area contributed by atoms with Gasteiger partial charge in [0.05, 0.1) is 11.4 Å². The van der Waals surface area contributed by atoms with Gasteiger partial charge in [-0.05, 0) is 50.2 Å². The molecule has 0 fully saturated rings. The molecule has 1 heterocycles. The summed E-state index contributed by atoms with van der Waals surface area (Å²) in [5.74, 6) is -0.219. The lowest BCUT2D eigenvalue weighted by molar-refractivity contribution is -0.122. The predicted molar refractivity (Wildman–Crippen MR) is 111 cm³/mol. The Kier molecular flexibility index (Phi) is 5.87. The molecule has 3 aromatic rings. The molecule has 5 nitrogen and oxygen atoms in total. The summed E-state index contributed by atoms with van der Waals surface area (Å²) in [6, 6.07) is 14.6. The highest BCUT2D eigenvalue weighted by Gasteiger charge is 2.17. The zero-order valence-corrected chi connectivity index (χ0v) is 17.3. The zero-order chi connectivity index (χ0) is 19.6. The van der Waals surface area contributed by atoms with Crippen LogP contribution in [0.25, 0.3) is 16.9 Å². The lowest BCUT2D eigenvalue weighted by atomic mass is 10.1. The monoisotopic (exact) mass is 447 g/mol. The van der Waals surface area contributed by atoms with E-state index in [2.05, 4.69) is 21.2 Å². The smallest absolute Gasteiger partial charge is 0.333 e. The first-order chi connectivity index (χ1) is 12.8. The molecule has 1 aromatic heterocycles. The van der Waals surface area contributed by atoms with Gasteiger partial charge >= 0.3 is 5.69 Å². The molecule has 1 amide bonds. The summed E-state index contributed by atoms with van der Waals surface area (Å²) < 4.78 is 3.92. The van der Waals surface area contributed by atoms with Crippen molar-refractivity contribution in [3.8, 4) is 16.9 Å². The molecular weight excluding hydrogens is 430 g/mol. The van der Waals surface area contributed by atoms with Crippen molar-refractivity contribution in [2.75, 3.05) is 0 Å². The minimum Gasteiger partial charge on any atom is -0.352 e. The van der Waals surface area contributed by atoms with Gasteiger partial charge in [0.2, 0.25) is 5.91 Å². The number of aromatic nitrogens is 2. The average molecular weight is 449 g/mol. The van der Waals surface area contributed by atoms with Crippen molar-refractivity contribution < 1.29 is 4.79 Å². The maximum Gasteiger partial charge on any atom is 0.333 e. The van der Waals surface area contributed by atoms with Crippen LogP contribution in [-0.2, 0) is 11.3 Å². The van der Waals surface area contributed by atoms with E-state index in [0.717, 1.165) is 15.7 Å². The van der Waals surface area contributed by atoms with Crippen LogP contribution in [0.1, 0.15) is 13.8 Å². The van der Waals surface area contributed by atoms with Crippen LogP contribution in [0.3, 0.4) is 0 Å². The Bertz CT molecular complexity index is 1020. The molecule has 0 spiro atoms. The average Bonchev–Trinajstić information content (AvgIpc) is 2.92. The van der Waals surface area contributed by atoms with Crippen molar-refractivity contribution >= 4 is 33.4 Å². The Morgan fingerprint density at radius 1 is 1.19 bits per heavy atom. The minimum atomic E-state index is -0.286. The van der Waals surface area contributed by atoms with E-state index >= 15 is 0 Å². The third-order valence-electron chi connectivity index (χ3n) is 3.96. The molecule has 0 aliphatic heterocycles. The van der Waals surface area contributed by atoms with Gasteiger partial charge in [-0.3, -0.25) is 13.9 Å². The number of carbonyl (C=O) groups excluding carboxylic acids is 1. The summed E-state index contributed by atoms with van der Waals surface area (Å²) in [6.45, 7) is 3.69. The number of benzene rings is 2. The van der Waals surface area contributed by atoms with Gasteiger partial charge in [0.1, 0.15) is 6.54 Å². The van der Waals surface area contributed by atoms with E-state index in [0.29, 0.717) is 10.7 Å². The molecule has 0 aliphatic carbocycles. The Labute approximate surface area is 170 Å². The normalized spacial score (nSPS) is 11.0. The quantitative estimate of drug-likeness (QED) is 0.634. The molecule has 0 unspecified atom stereocenters. The number of amides is 1. The maximum absolute atomic E-state index is 13.1. The van der Waals surface area contributed by atoms with Gasteiger partial charge in [0.15, 0.2) is 0 Å². The highest BCUT2D eigenvalue weighted by molar-refractivity contribution is 9.10. The Morgan fingerprint density at radius 3 is 2.52 bits per heavy atom. The van der Waals surface area contributed by atoms with Crippen LogP contribution in [0.5, 0.6) is 0 Å². The number of nitrogens with one attached hydrogen (secondary N) is 1.